The van der Waals surface area contributed by atoms with Gasteiger partial charge in [0.25, 0.3) is 5.91 Å². The van der Waals surface area contributed by atoms with Gasteiger partial charge < -0.3 is 9.80 Å². The number of carbonyl (C=O) groups excluding carboxylic acids is 2. The summed E-state index contributed by atoms with van der Waals surface area (Å²) in [6.07, 6.45) is -2.25. The Morgan fingerprint density at radius 2 is 1.62 bits per heavy atom. The van der Waals surface area contributed by atoms with Gasteiger partial charge in [0.05, 0.1) is 17.0 Å². The molecule has 7 nitrogen and oxygen atoms in total. The maximum Gasteiger partial charge on any atom is 0.397 e. The van der Waals surface area contributed by atoms with Crippen LogP contribution in [0.1, 0.15) is 66.3 Å². The molecule has 2 aliphatic heterocycles. The molecule has 0 saturated carbocycles. The van der Waals surface area contributed by atoms with Crippen molar-refractivity contribution in [1.82, 2.24) is 24.7 Å². The van der Waals surface area contributed by atoms with E-state index in [2.05, 4.69) is 21.8 Å². The van der Waals surface area contributed by atoms with Gasteiger partial charge in [-0.05, 0) is 52.5 Å². The van der Waals surface area contributed by atoms with E-state index in [4.69, 9.17) is 0 Å². The summed E-state index contributed by atoms with van der Waals surface area (Å²) in [5.41, 5.74) is 1.88. The SMILES string of the molecule is Cc1ncnc(C)c1C(=O)N1CCC(C)(N2CCC(N(Cc3ccccc3F)C(=O)CC(F)(F)F)CC2)CC1. The van der Waals surface area contributed by atoms with E-state index >= 15 is 0 Å². The monoisotopic (exact) mass is 549 g/mol. The molecular weight excluding hydrogens is 514 g/mol. The van der Waals surface area contributed by atoms with Crippen LogP contribution in [0.4, 0.5) is 17.6 Å². The number of halogens is 4. The molecule has 39 heavy (non-hydrogen) atoms. The van der Waals surface area contributed by atoms with Gasteiger partial charge in [-0.25, -0.2) is 14.4 Å². The van der Waals surface area contributed by atoms with E-state index in [9.17, 15) is 27.2 Å². The van der Waals surface area contributed by atoms with Crippen LogP contribution in [0, 0.1) is 19.7 Å². The number of piperidine rings is 2. The van der Waals surface area contributed by atoms with Gasteiger partial charge in [0.2, 0.25) is 5.91 Å². The number of alkyl halides is 3. The Bertz CT molecular complexity index is 1170. The number of aryl methyl sites for hydroxylation is 2. The fraction of sp³-hybridized carbons (Fsp3) is 0.571. The van der Waals surface area contributed by atoms with Crippen LogP contribution in [0.2, 0.25) is 0 Å². The molecule has 212 valence electrons. The minimum absolute atomic E-state index is 0.0710. The highest BCUT2D eigenvalue weighted by Crippen LogP contribution is 2.34. The van der Waals surface area contributed by atoms with Gasteiger partial charge in [0.15, 0.2) is 0 Å². The van der Waals surface area contributed by atoms with Crippen molar-refractivity contribution in [3.63, 3.8) is 0 Å². The van der Waals surface area contributed by atoms with Crippen LogP contribution in [-0.2, 0) is 11.3 Å². The van der Waals surface area contributed by atoms with Crippen LogP contribution in [-0.4, -0.2) is 80.4 Å². The maximum atomic E-state index is 14.3. The Kier molecular flexibility index (Phi) is 8.58. The molecular formula is C28H35F4N5O2. The lowest BCUT2D eigenvalue weighted by atomic mass is 9.85. The van der Waals surface area contributed by atoms with Gasteiger partial charge in [-0.2, -0.15) is 13.2 Å². The Morgan fingerprint density at radius 3 is 2.18 bits per heavy atom. The van der Waals surface area contributed by atoms with Crippen molar-refractivity contribution in [2.45, 2.75) is 77.2 Å². The van der Waals surface area contributed by atoms with Crippen molar-refractivity contribution in [2.75, 3.05) is 26.2 Å². The summed E-state index contributed by atoms with van der Waals surface area (Å²) in [7, 11) is 0. The van der Waals surface area contributed by atoms with Gasteiger partial charge in [0, 0.05) is 49.9 Å². The molecule has 0 radical (unpaired) electrons. The third-order valence-electron chi connectivity index (χ3n) is 8.21. The van der Waals surface area contributed by atoms with Crippen LogP contribution >= 0.6 is 0 Å². The number of amides is 2. The van der Waals surface area contributed by atoms with Crippen molar-refractivity contribution in [3.8, 4) is 0 Å². The van der Waals surface area contributed by atoms with Crippen LogP contribution < -0.4 is 0 Å². The third-order valence-corrected chi connectivity index (χ3v) is 8.21. The summed E-state index contributed by atoms with van der Waals surface area (Å²) in [6.45, 7) is 7.93. The molecule has 2 aliphatic rings. The molecule has 2 amide bonds. The normalized spacial score (nSPS) is 18.7. The first-order chi connectivity index (χ1) is 18.4. The van der Waals surface area contributed by atoms with Crippen molar-refractivity contribution in [2.24, 2.45) is 0 Å². The van der Waals surface area contributed by atoms with Gasteiger partial charge in [-0.3, -0.25) is 14.5 Å². The third kappa shape index (κ3) is 6.74. The van der Waals surface area contributed by atoms with E-state index in [-0.39, 0.29) is 23.6 Å². The first-order valence-electron chi connectivity index (χ1n) is 13.3. The van der Waals surface area contributed by atoms with Gasteiger partial charge >= 0.3 is 6.18 Å². The van der Waals surface area contributed by atoms with E-state index in [0.717, 1.165) is 12.8 Å². The lowest BCUT2D eigenvalue weighted by Crippen LogP contribution is -2.58. The average molecular weight is 550 g/mol. The minimum Gasteiger partial charge on any atom is -0.338 e. The minimum atomic E-state index is -4.63. The van der Waals surface area contributed by atoms with Gasteiger partial charge in [0.1, 0.15) is 18.6 Å². The van der Waals surface area contributed by atoms with Crippen molar-refractivity contribution in [3.05, 3.63) is 58.9 Å². The Morgan fingerprint density at radius 1 is 1.03 bits per heavy atom. The molecule has 2 aromatic rings. The lowest BCUT2D eigenvalue weighted by Gasteiger charge is -2.50. The zero-order chi connectivity index (χ0) is 28.4. The first kappa shape index (κ1) is 28.9. The van der Waals surface area contributed by atoms with Crippen LogP contribution in [0.15, 0.2) is 30.6 Å². The molecule has 1 aromatic heterocycles. The number of rotatable bonds is 6. The van der Waals surface area contributed by atoms with Gasteiger partial charge in [-0.1, -0.05) is 18.2 Å². The van der Waals surface area contributed by atoms with E-state index < -0.39 is 30.4 Å². The molecule has 2 saturated heterocycles. The molecule has 4 rings (SSSR count). The smallest absolute Gasteiger partial charge is 0.338 e. The van der Waals surface area contributed by atoms with Crippen molar-refractivity contribution in [1.29, 1.82) is 0 Å². The Hall–Kier alpha value is -3.08. The molecule has 0 atom stereocenters. The number of hydrogen-bond acceptors (Lipinski definition) is 5. The molecule has 3 heterocycles. The summed E-state index contributed by atoms with van der Waals surface area (Å²) < 4.78 is 53.6. The molecule has 0 N–H and O–H groups in total. The summed E-state index contributed by atoms with van der Waals surface area (Å²) in [5.74, 6) is -1.64. The number of carbonyl (C=O) groups is 2. The van der Waals surface area contributed by atoms with Crippen molar-refractivity contribution < 1.29 is 27.2 Å². The number of hydrogen-bond donors (Lipinski definition) is 0. The average Bonchev–Trinajstić information content (AvgIpc) is 2.87. The summed E-state index contributed by atoms with van der Waals surface area (Å²) in [5, 5.41) is 0. The number of aromatic nitrogens is 2. The van der Waals surface area contributed by atoms with Crippen LogP contribution in [0.3, 0.4) is 0 Å². The highest BCUT2D eigenvalue weighted by Gasteiger charge is 2.41. The highest BCUT2D eigenvalue weighted by molar-refractivity contribution is 5.96. The number of nitrogens with zero attached hydrogens (tertiary/aromatic N) is 5. The fourth-order valence-electron chi connectivity index (χ4n) is 5.79. The molecule has 11 heteroatoms. The topological polar surface area (TPSA) is 69.6 Å². The molecule has 0 bridgehead atoms. The molecule has 0 unspecified atom stereocenters. The van der Waals surface area contributed by atoms with Crippen molar-refractivity contribution >= 4 is 11.8 Å². The number of likely N-dealkylation sites (tertiary alicyclic amines) is 2. The fourth-order valence-corrected chi connectivity index (χ4v) is 5.79. The molecule has 1 aromatic carbocycles. The van der Waals surface area contributed by atoms with E-state index in [1.165, 1.54) is 29.4 Å². The predicted molar refractivity (Wildman–Crippen MR) is 137 cm³/mol. The molecule has 0 aliphatic carbocycles. The standard InChI is InChI=1S/C28H35F4N5O2/c1-19-25(20(2)34-18-33-19)26(39)35-14-10-27(3,11-15-35)36-12-8-22(9-13-36)37(24(38)16-28(30,31)32)17-21-6-4-5-7-23(21)29/h4-7,18,22H,8-17H2,1-3H3. The van der Waals surface area contributed by atoms with E-state index in [0.29, 0.717) is 56.0 Å². The second-order valence-electron chi connectivity index (χ2n) is 10.8. The number of benzene rings is 1. The van der Waals surface area contributed by atoms with E-state index in [1.807, 2.05) is 4.90 Å². The Balaban J connectivity index is 1.39. The lowest BCUT2D eigenvalue weighted by molar-refractivity contribution is -0.164. The maximum absolute atomic E-state index is 14.3. The van der Waals surface area contributed by atoms with Crippen LogP contribution in [0.5, 0.6) is 0 Å². The molecule has 2 fully saturated rings. The Labute approximate surface area is 226 Å². The highest BCUT2D eigenvalue weighted by atomic mass is 19.4. The predicted octanol–water partition coefficient (Wildman–Crippen LogP) is 4.67. The van der Waals surface area contributed by atoms with Crippen LogP contribution in [0.25, 0.3) is 0 Å². The summed E-state index contributed by atoms with van der Waals surface area (Å²) in [6, 6.07) is 5.45. The van der Waals surface area contributed by atoms with Gasteiger partial charge in [-0.15, -0.1) is 0 Å². The quantitative estimate of drug-likeness (QED) is 0.490. The zero-order valence-electron chi connectivity index (χ0n) is 22.6. The second-order valence-corrected chi connectivity index (χ2v) is 10.8. The first-order valence-corrected chi connectivity index (χ1v) is 13.3. The zero-order valence-corrected chi connectivity index (χ0v) is 22.6. The van der Waals surface area contributed by atoms with E-state index in [1.54, 1.807) is 19.9 Å². The second kappa shape index (κ2) is 11.6. The molecule has 0 spiro atoms. The summed E-state index contributed by atoms with van der Waals surface area (Å²) >= 11 is 0. The largest absolute Gasteiger partial charge is 0.397 e. The summed E-state index contributed by atoms with van der Waals surface area (Å²) in [4.78, 5) is 39.6.